The zero-order valence-corrected chi connectivity index (χ0v) is 18.0. The number of carbonyl (C=O) groups is 1. The molecule has 3 nitrogen and oxygen atoms in total. The topological polar surface area (TPSA) is 41.5 Å². The number of nitrogens with one attached hydrogen (secondary N) is 1. The summed E-state index contributed by atoms with van der Waals surface area (Å²) in [6.45, 7) is 0.892. The number of allylic oxidation sites excluding steroid dienone is 3. The Bertz CT molecular complexity index is 1170. The normalized spacial score (nSPS) is 14.8. The molecule has 0 spiro atoms. The van der Waals surface area contributed by atoms with Crippen LogP contribution in [0.5, 0.6) is 0 Å². The predicted molar refractivity (Wildman–Crippen MR) is 131 cm³/mol. The molecule has 0 saturated heterocycles. The Hall–Kier alpha value is -3.72. The number of carbonyl (C=O) groups excluding carboxylic acids is 1. The minimum absolute atomic E-state index is 0.0782. The highest BCUT2D eigenvalue weighted by atomic mass is 16.1. The number of hydrogen-bond acceptors (Lipinski definition) is 3. The van der Waals surface area contributed by atoms with Gasteiger partial charge in [0, 0.05) is 35.7 Å². The van der Waals surface area contributed by atoms with E-state index in [0.717, 1.165) is 48.5 Å². The largest absolute Gasteiger partial charge is 0.388 e. The minimum atomic E-state index is 0.0782. The molecule has 2 aliphatic rings. The van der Waals surface area contributed by atoms with Gasteiger partial charge < -0.3 is 5.32 Å². The molecule has 3 aromatic carbocycles. The Morgan fingerprint density at radius 1 is 0.844 bits per heavy atom. The summed E-state index contributed by atoms with van der Waals surface area (Å²) in [7, 11) is 0. The van der Waals surface area contributed by atoms with Gasteiger partial charge in [0.1, 0.15) is 0 Å². The number of nitrogens with zero attached hydrogens (tertiary/aromatic N) is 1. The highest BCUT2D eigenvalue weighted by Crippen LogP contribution is 2.31. The van der Waals surface area contributed by atoms with E-state index in [1.807, 2.05) is 36.4 Å². The van der Waals surface area contributed by atoms with Gasteiger partial charge in [-0.25, -0.2) is 4.99 Å². The van der Waals surface area contributed by atoms with E-state index in [1.165, 1.54) is 11.1 Å². The van der Waals surface area contributed by atoms with Crippen LogP contribution < -0.4 is 5.32 Å². The number of rotatable bonds is 7. The molecule has 0 atom stereocenters. The highest BCUT2D eigenvalue weighted by molar-refractivity contribution is 6.35. The summed E-state index contributed by atoms with van der Waals surface area (Å²) in [5, 5.41) is 3.58. The van der Waals surface area contributed by atoms with Crippen LogP contribution in [0.1, 0.15) is 46.7 Å². The van der Waals surface area contributed by atoms with Crippen molar-refractivity contribution >= 4 is 17.2 Å². The maximum absolute atomic E-state index is 12.8. The molecule has 0 fully saturated rings. The number of para-hydroxylation sites is 1. The molecule has 1 heterocycles. The van der Waals surface area contributed by atoms with Crippen LogP contribution in [-0.4, -0.2) is 18.0 Å². The first-order valence-electron chi connectivity index (χ1n) is 11.3. The average Bonchev–Trinajstić information content (AvgIpc) is 2.85. The summed E-state index contributed by atoms with van der Waals surface area (Å²) in [6.07, 6.45) is 6.91. The number of aliphatic imine (C=N–C) groups is 1. The second-order valence-corrected chi connectivity index (χ2v) is 8.28. The van der Waals surface area contributed by atoms with Crippen LogP contribution in [0.4, 0.5) is 5.69 Å². The zero-order chi connectivity index (χ0) is 21.8. The molecule has 5 rings (SSSR count). The maximum atomic E-state index is 12.8. The summed E-state index contributed by atoms with van der Waals surface area (Å²) in [5.41, 5.74) is 6.79. The van der Waals surface area contributed by atoms with Gasteiger partial charge in [0.05, 0.1) is 11.4 Å². The lowest BCUT2D eigenvalue weighted by Crippen LogP contribution is -2.23. The molecule has 0 saturated carbocycles. The van der Waals surface area contributed by atoms with Crippen molar-refractivity contribution in [2.45, 2.75) is 25.2 Å². The summed E-state index contributed by atoms with van der Waals surface area (Å²) in [4.78, 5) is 17.5. The van der Waals surface area contributed by atoms with Crippen LogP contribution in [0.3, 0.4) is 0 Å². The van der Waals surface area contributed by atoms with Crippen LogP contribution in [0, 0.1) is 0 Å². The molecule has 3 aromatic rings. The molecule has 0 bridgehead atoms. The monoisotopic (exact) mass is 418 g/mol. The van der Waals surface area contributed by atoms with Crippen molar-refractivity contribution in [2.24, 2.45) is 4.99 Å². The predicted octanol–water partition coefficient (Wildman–Crippen LogP) is 6.37. The van der Waals surface area contributed by atoms with E-state index in [0.29, 0.717) is 11.5 Å². The Balaban J connectivity index is 1.24. The summed E-state index contributed by atoms with van der Waals surface area (Å²) >= 11 is 0. The van der Waals surface area contributed by atoms with E-state index in [9.17, 15) is 4.79 Å². The number of benzene rings is 3. The van der Waals surface area contributed by atoms with Crippen molar-refractivity contribution in [1.29, 1.82) is 0 Å². The third kappa shape index (κ3) is 4.19. The number of hydrogen-bond donors (Lipinski definition) is 1. The lowest BCUT2D eigenvalue weighted by Gasteiger charge is -2.22. The lowest BCUT2D eigenvalue weighted by atomic mass is 9.87. The van der Waals surface area contributed by atoms with Crippen LogP contribution in [0.15, 0.2) is 113 Å². The Morgan fingerprint density at radius 3 is 2.22 bits per heavy atom. The summed E-state index contributed by atoms with van der Waals surface area (Å²) in [6, 6.07) is 29.1. The molecular formula is C29H26N2O. The summed E-state index contributed by atoms with van der Waals surface area (Å²) < 4.78 is 0. The van der Waals surface area contributed by atoms with Gasteiger partial charge in [0.25, 0.3) is 0 Å². The van der Waals surface area contributed by atoms with Gasteiger partial charge in [-0.3, -0.25) is 4.79 Å². The third-order valence-corrected chi connectivity index (χ3v) is 6.17. The second-order valence-electron chi connectivity index (χ2n) is 8.28. The maximum Gasteiger partial charge on any atom is 0.197 e. The van der Waals surface area contributed by atoms with Crippen LogP contribution in [-0.2, 0) is 0 Å². The van der Waals surface area contributed by atoms with Crippen LogP contribution in [0.2, 0.25) is 0 Å². The Morgan fingerprint density at radius 2 is 1.50 bits per heavy atom. The molecule has 0 unspecified atom stereocenters. The van der Waals surface area contributed by atoms with E-state index in [1.54, 1.807) is 0 Å². The molecule has 32 heavy (non-hydrogen) atoms. The molecular weight excluding hydrogens is 392 g/mol. The van der Waals surface area contributed by atoms with Gasteiger partial charge in [-0.05, 0) is 42.2 Å². The van der Waals surface area contributed by atoms with Crippen molar-refractivity contribution in [3.8, 4) is 0 Å². The number of Topliss-reactive ketones (excluding diaryl/α,β-unsaturated/α-hetero) is 1. The molecule has 1 aliphatic carbocycles. The van der Waals surface area contributed by atoms with E-state index < -0.39 is 0 Å². The Kier molecular flexibility index (Phi) is 5.80. The van der Waals surface area contributed by atoms with Gasteiger partial charge in [-0.15, -0.1) is 0 Å². The lowest BCUT2D eigenvalue weighted by molar-refractivity contribution is 0.104. The van der Waals surface area contributed by atoms with E-state index in [2.05, 4.69) is 66.0 Å². The molecule has 3 heteroatoms. The van der Waals surface area contributed by atoms with Crippen molar-refractivity contribution in [1.82, 2.24) is 5.32 Å². The van der Waals surface area contributed by atoms with Crippen molar-refractivity contribution in [3.05, 3.63) is 125 Å². The van der Waals surface area contributed by atoms with Crippen LogP contribution >= 0.6 is 0 Å². The first-order chi connectivity index (χ1) is 15.8. The van der Waals surface area contributed by atoms with Crippen molar-refractivity contribution in [3.63, 3.8) is 0 Å². The second kappa shape index (κ2) is 9.19. The fourth-order valence-electron chi connectivity index (χ4n) is 4.53. The fourth-order valence-corrected chi connectivity index (χ4v) is 4.53. The van der Waals surface area contributed by atoms with Crippen molar-refractivity contribution in [2.75, 3.05) is 6.54 Å². The van der Waals surface area contributed by atoms with Gasteiger partial charge in [-0.2, -0.15) is 0 Å². The van der Waals surface area contributed by atoms with Gasteiger partial charge in [-0.1, -0.05) is 78.9 Å². The van der Waals surface area contributed by atoms with Crippen LogP contribution in [0.25, 0.3) is 0 Å². The summed E-state index contributed by atoms with van der Waals surface area (Å²) in [5.74, 6) is 0.470. The SMILES string of the molecule is O=C1C2=CCC(NCCCC(c3ccccc3)c3ccccc3)=CC2=Nc2ccccc21. The average molecular weight is 419 g/mol. The van der Waals surface area contributed by atoms with Crippen molar-refractivity contribution < 1.29 is 4.79 Å². The molecule has 0 aromatic heterocycles. The van der Waals surface area contributed by atoms with Gasteiger partial charge >= 0.3 is 0 Å². The molecule has 0 radical (unpaired) electrons. The first-order valence-corrected chi connectivity index (χ1v) is 11.3. The third-order valence-electron chi connectivity index (χ3n) is 6.17. The van der Waals surface area contributed by atoms with E-state index >= 15 is 0 Å². The smallest absolute Gasteiger partial charge is 0.197 e. The fraction of sp³-hybridized carbons (Fsp3) is 0.172. The quantitative estimate of drug-likeness (QED) is 0.453. The highest BCUT2D eigenvalue weighted by Gasteiger charge is 2.26. The van der Waals surface area contributed by atoms with Gasteiger partial charge in [0.2, 0.25) is 0 Å². The van der Waals surface area contributed by atoms with E-state index in [4.69, 9.17) is 4.99 Å². The zero-order valence-electron chi connectivity index (χ0n) is 18.0. The number of fused-ring (bicyclic) bond motifs is 2. The number of ketones is 1. The standard InChI is InChI=1S/C29H26N2O/c32-29-25-14-7-8-16-27(25)31-28-20-23(17-18-26(28)29)30-19-9-15-24(21-10-3-1-4-11-21)22-12-5-2-6-13-22/h1-8,10-14,16,18,20,24,30H,9,15,17,19H2. The molecule has 158 valence electrons. The van der Waals surface area contributed by atoms with Gasteiger partial charge in [0.15, 0.2) is 5.78 Å². The minimum Gasteiger partial charge on any atom is -0.388 e. The molecule has 1 N–H and O–H groups in total. The van der Waals surface area contributed by atoms with E-state index in [-0.39, 0.29) is 5.78 Å². The Labute approximate surface area is 189 Å². The first kappa shape index (κ1) is 20.2. The molecule has 1 aliphatic heterocycles. The molecule has 0 amide bonds.